The molecule has 1 N–H and O–H groups in total. The van der Waals surface area contributed by atoms with E-state index >= 15 is 0 Å². The predicted molar refractivity (Wildman–Crippen MR) is 56.2 cm³/mol. The van der Waals surface area contributed by atoms with Crippen LogP contribution in [-0.4, -0.2) is 42.1 Å². The maximum Gasteiger partial charge on any atom is 0.241 e. The Labute approximate surface area is 89.8 Å². The number of carbonyl (C=O) groups is 3. The van der Waals surface area contributed by atoms with E-state index in [0.29, 0.717) is 13.1 Å². The molecule has 86 valence electrons. The quantitative estimate of drug-likeness (QED) is 0.630. The van der Waals surface area contributed by atoms with Crippen LogP contribution in [0.15, 0.2) is 0 Å². The molecule has 0 aromatic rings. The first-order chi connectivity index (χ1) is 7.01. The molecule has 0 aliphatic rings. The molecule has 0 radical (unpaired) electrons. The van der Waals surface area contributed by atoms with Crippen molar-refractivity contribution in [3.63, 3.8) is 0 Å². The molecule has 0 saturated carbocycles. The van der Waals surface area contributed by atoms with Gasteiger partial charge in [-0.3, -0.25) is 14.4 Å². The average Bonchev–Trinajstić information content (AvgIpc) is 2.15. The maximum atomic E-state index is 11.4. The Bertz CT molecular complexity index is 247. The van der Waals surface area contributed by atoms with Gasteiger partial charge in [0.05, 0.1) is 13.0 Å². The molecule has 0 heterocycles. The van der Waals surface area contributed by atoms with Crippen molar-refractivity contribution in [1.82, 2.24) is 10.2 Å². The first-order valence-corrected chi connectivity index (χ1v) is 5.05. The summed E-state index contributed by atoms with van der Waals surface area (Å²) in [6.45, 7) is 6.30. The standard InChI is InChI=1S/C10H18N2O3/c1-4-12(5-2)10(15)7-11-9(14)6-8(3)13/h4-7H2,1-3H3,(H,11,14). The van der Waals surface area contributed by atoms with Crippen LogP contribution in [0.4, 0.5) is 0 Å². The van der Waals surface area contributed by atoms with E-state index in [0.717, 1.165) is 0 Å². The van der Waals surface area contributed by atoms with E-state index in [1.54, 1.807) is 4.90 Å². The second-order valence-corrected chi connectivity index (χ2v) is 3.22. The third-order valence-electron chi connectivity index (χ3n) is 1.96. The number of hydrogen-bond donors (Lipinski definition) is 1. The Morgan fingerprint density at radius 1 is 1.13 bits per heavy atom. The van der Waals surface area contributed by atoms with Crippen LogP contribution < -0.4 is 5.32 Å². The summed E-state index contributed by atoms with van der Waals surface area (Å²) in [5.41, 5.74) is 0. The van der Waals surface area contributed by atoms with Crippen molar-refractivity contribution in [2.24, 2.45) is 0 Å². The molecule has 5 nitrogen and oxygen atoms in total. The molecule has 0 bridgehead atoms. The fourth-order valence-electron chi connectivity index (χ4n) is 1.15. The van der Waals surface area contributed by atoms with Crippen molar-refractivity contribution in [2.75, 3.05) is 19.6 Å². The van der Waals surface area contributed by atoms with Crippen molar-refractivity contribution in [3.05, 3.63) is 0 Å². The SMILES string of the molecule is CCN(CC)C(=O)CNC(=O)CC(C)=O. The number of likely N-dealkylation sites (N-methyl/N-ethyl adjacent to an activating group) is 1. The van der Waals surface area contributed by atoms with E-state index in [9.17, 15) is 14.4 Å². The number of amides is 2. The van der Waals surface area contributed by atoms with Gasteiger partial charge in [0.2, 0.25) is 11.8 Å². The van der Waals surface area contributed by atoms with Gasteiger partial charge in [-0.25, -0.2) is 0 Å². The summed E-state index contributed by atoms with van der Waals surface area (Å²) in [6, 6.07) is 0. The molecule has 0 saturated heterocycles. The summed E-state index contributed by atoms with van der Waals surface area (Å²) in [4.78, 5) is 34.7. The van der Waals surface area contributed by atoms with Crippen LogP contribution in [0.2, 0.25) is 0 Å². The summed E-state index contributed by atoms with van der Waals surface area (Å²) < 4.78 is 0. The zero-order valence-electron chi connectivity index (χ0n) is 9.50. The topological polar surface area (TPSA) is 66.5 Å². The van der Waals surface area contributed by atoms with Gasteiger partial charge >= 0.3 is 0 Å². The highest BCUT2D eigenvalue weighted by Gasteiger charge is 2.11. The van der Waals surface area contributed by atoms with E-state index in [4.69, 9.17) is 0 Å². The van der Waals surface area contributed by atoms with Crippen LogP contribution in [0, 0.1) is 0 Å². The van der Waals surface area contributed by atoms with Gasteiger partial charge in [0, 0.05) is 13.1 Å². The van der Waals surface area contributed by atoms with Crippen LogP contribution in [0.3, 0.4) is 0 Å². The molecule has 0 atom stereocenters. The fraction of sp³-hybridized carbons (Fsp3) is 0.700. The number of carbonyl (C=O) groups excluding carboxylic acids is 3. The molecule has 5 heteroatoms. The zero-order valence-corrected chi connectivity index (χ0v) is 9.50. The molecule has 15 heavy (non-hydrogen) atoms. The van der Waals surface area contributed by atoms with Gasteiger partial charge in [-0.15, -0.1) is 0 Å². The van der Waals surface area contributed by atoms with Crippen molar-refractivity contribution >= 4 is 17.6 Å². The molecule has 0 spiro atoms. The van der Waals surface area contributed by atoms with E-state index in [-0.39, 0.29) is 24.7 Å². The molecular formula is C10H18N2O3. The van der Waals surface area contributed by atoms with Crippen LogP contribution in [-0.2, 0) is 14.4 Å². The highest BCUT2D eigenvalue weighted by molar-refractivity contribution is 5.98. The molecule has 0 aromatic heterocycles. The minimum Gasteiger partial charge on any atom is -0.347 e. The lowest BCUT2D eigenvalue weighted by Gasteiger charge is -2.18. The van der Waals surface area contributed by atoms with Gasteiger partial charge in [-0.2, -0.15) is 0 Å². The molecule has 0 rings (SSSR count). The number of ketones is 1. The highest BCUT2D eigenvalue weighted by atomic mass is 16.2. The first-order valence-electron chi connectivity index (χ1n) is 5.05. The smallest absolute Gasteiger partial charge is 0.241 e. The Morgan fingerprint density at radius 3 is 2.07 bits per heavy atom. The monoisotopic (exact) mass is 214 g/mol. The van der Waals surface area contributed by atoms with Crippen LogP contribution >= 0.6 is 0 Å². The molecule has 0 aromatic carbocycles. The van der Waals surface area contributed by atoms with E-state index in [1.807, 2.05) is 13.8 Å². The second kappa shape index (κ2) is 6.98. The summed E-state index contributed by atoms with van der Waals surface area (Å²) in [5.74, 6) is -0.734. The predicted octanol–water partition coefficient (Wildman–Crippen LogP) is -0.0499. The molecule has 0 fully saturated rings. The van der Waals surface area contributed by atoms with Crippen LogP contribution in [0.1, 0.15) is 27.2 Å². The number of Topliss-reactive ketones (excluding diaryl/α,β-unsaturated/α-hetero) is 1. The average molecular weight is 214 g/mol. The van der Waals surface area contributed by atoms with Crippen molar-refractivity contribution in [3.8, 4) is 0 Å². The molecule has 0 aliphatic heterocycles. The molecule has 2 amide bonds. The Hall–Kier alpha value is -1.39. The zero-order chi connectivity index (χ0) is 11.8. The van der Waals surface area contributed by atoms with Gasteiger partial charge in [0.15, 0.2) is 0 Å². The second-order valence-electron chi connectivity index (χ2n) is 3.22. The Morgan fingerprint density at radius 2 is 1.67 bits per heavy atom. The highest BCUT2D eigenvalue weighted by Crippen LogP contribution is 1.88. The van der Waals surface area contributed by atoms with Crippen molar-refractivity contribution in [1.29, 1.82) is 0 Å². The van der Waals surface area contributed by atoms with E-state index in [2.05, 4.69) is 5.32 Å². The summed E-state index contributed by atoms with van der Waals surface area (Å²) in [7, 11) is 0. The Balaban J connectivity index is 3.89. The minimum atomic E-state index is -0.400. The Kier molecular flexibility index (Phi) is 6.33. The lowest BCUT2D eigenvalue weighted by atomic mass is 10.3. The van der Waals surface area contributed by atoms with Crippen molar-refractivity contribution < 1.29 is 14.4 Å². The summed E-state index contributed by atoms with van der Waals surface area (Å²) >= 11 is 0. The van der Waals surface area contributed by atoms with Crippen LogP contribution in [0.25, 0.3) is 0 Å². The third kappa shape index (κ3) is 5.83. The minimum absolute atomic E-state index is 0.0339. The summed E-state index contributed by atoms with van der Waals surface area (Å²) in [5, 5.41) is 2.41. The van der Waals surface area contributed by atoms with Gasteiger partial charge in [0.1, 0.15) is 5.78 Å². The van der Waals surface area contributed by atoms with E-state index in [1.165, 1.54) is 6.92 Å². The summed E-state index contributed by atoms with van der Waals surface area (Å²) in [6.07, 6.45) is -0.161. The third-order valence-corrected chi connectivity index (χ3v) is 1.96. The van der Waals surface area contributed by atoms with E-state index < -0.39 is 5.91 Å². The molecule has 0 aliphatic carbocycles. The fourth-order valence-corrected chi connectivity index (χ4v) is 1.15. The lowest BCUT2D eigenvalue weighted by molar-refractivity contribution is -0.134. The lowest BCUT2D eigenvalue weighted by Crippen LogP contribution is -2.40. The number of nitrogens with one attached hydrogen (secondary N) is 1. The molecule has 0 unspecified atom stereocenters. The number of rotatable bonds is 6. The molecular weight excluding hydrogens is 196 g/mol. The van der Waals surface area contributed by atoms with Crippen molar-refractivity contribution in [2.45, 2.75) is 27.2 Å². The maximum absolute atomic E-state index is 11.4. The number of hydrogen-bond acceptors (Lipinski definition) is 3. The van der Waals surface area contributed by atoms with Gasteiger partial charge in [0.25, 0.3) is 0 Å². The van der Waals surface area contributed by atoms with Crippen LogP contribution in [0.5, 0.6) is 0 Å². The first kappa shape index (κ1) is 13.6. The van der Waals surface area contributed by atoms with Gasteiger partial charge in [-0.05, 0) is 20.8 Å². The normalized spacial score (nSPS) is 9.53. The number of nitrogens with zero attached hydrogens (tertiary/aromatic N) is 1. The van der Waals surface area contributed by atoms with Gasteiger partial charge < -0.3 is 10.2 Å². The largest absolute Gasteiger partial charge is 0.347 e. The van der Waals surface area contributed by atoms with Gasteiger partial charge in [-0.1, -0.05) is 0 Å².